The maximum absolute atomic E-state index is 6.15. The number of nitrogens with one attached hydrogen (secondary N) is 1. The second-order valence-corrected chi connectivity index (χ2v) is 5.84. The third-order valence-corrected chi connectivity index (χ3v) is 4.72. The van der Waals surface area contributed by atoms with Crippen LogP contribution in [0.4, 0.5) is 0 Å². The van der Waals surface area contributed by atoms with Crippen molar-refractivity contribution in [2.75, 3.05) is 14.2 Å². The first-order valence-electron chi connectivity index (χ1n) is 7.42. The summed E-state index contributed by atoms with van der Waals surface area (Å²) in [6, 6.07) is 8.54. The fourth-order valence-electron chi connectivity index (χ4n) is 3.62. The minimum atomic E-state index is -0.128. The van der Waals surface area contributed by atoms with Gasteiger partial charge >= 0.3 is 0 Å². The Balaban J connectivity index is 2.05. The van der Waals surface area contributed by atoms with E-state index in [1.807, 2.05) is 14.2 Å². The molecule has 0 bridgehead atoms. The summed E-state index contributed by atoms with van der Waals surface area (Å²) in [7, 11) is 3.81. The molecule has 1 unspecified atom stereocenters. The van der Waals surface area contributed by atoms with E-state index in [-0.39, 0.29) is 11.6 Å². The van der Waals surface area contributed by atoms with Crippen LogP contribution in [-0.4, -0.2) is 19.8 Å². The third kappa shape index (κ3) is 2.05. The molecule has 3 nitrogen and oxygen atoms in total. The SMILES string of the molecule is CNC(c1cc2cccc(C)c2o1)C1(OC)CCCC1. The van der Waals surface area contributed by atoms with Crippen LogP contribution in [0.25, 0.3) is 11.0 Å². The van der Waals surface area contributed by atoms with E-state index >= 15 is 0 Å². The zero-order chi connectivity index (χ0) is 14.2. The first kappa shape index (κ1) is 13.7. The molecule has 0 spiro atoms. The van der Waals surface area contributed by atoms with Crippen LogP contribution < -0.4 is 5.32 Å². The molecule has 0 amide bonds. The summed E-state index contributed by atoms with van der Waals surface area (Å²) in [5, 5.41) is 4.58. The fourth-order valence-corrected chi connectivity index (χ4v) is 3.62. The number of hydrogen-bond donors (Lipinski definition) is 1. The molecule has 1 heterocycles. The topological polar surface area (TPSA) is 34.4 Å². The molecule has 20 heavy (non-hydrogen) atoms. The summed E-state index contributed by atoms with van der Waals surface area (Å²) in [5.74, 6) is 0.987. The van der Waals surface area contributed by atoms with Crippen molar-refractivity contribution < 1.29 is 9.15 Å². The third-order valence-electron chi connectivity index (χ3n) is 4.72. The average Bonchev–Trinajstić information content (AvgIpc) is 3.08. The van der Waals surface area contributed by atoms with E-state index in [2.05, 4.69) is 36.5 Å². The zero-order valence-corrected chi connectivity index (χ0v) is 12.5. The maximum Gasteiger partial charge on any atom is 0.137 e. The van der Waals surface area contributed by atoms with E-state index in [4.69, 9.17) is 9.15 Å². The number of para-hydroxylation sites is 1. The predicted molar refractivity (Wildman–Crippen MR) is 81.0 cm³/mol. The monoisotopic (exact) mass is 273 g/mol. The van der Waals surface area contributed by atoms with Crippen molar-refractivity contribution in [3.05, 3.63) is 35.6 Å². The molecular formula is C17H23NO2. The Kier molecular flexibility index (Phi) is 3.57. The molecule has 2 aromatic rings. The summed E-state index contributed by atoms with van der Waals surface area (Å²) < 4.78 is 12.1. The molecule has 1 aromatic carbocycles. The minimum absolute atomic E-state index is 0.113. The highest BCUT2D eigenvalue weighted by molar-refractivity contribution is 5.81. The predicted octanol–water partition coefficient (Wildman–Crippen LogP) is 3.96. The van der Waals surface area contributed by atoms with E-state index in [0.717, 1.165) is 24.2 Å². The van der Waals surface area contributed by atoms with Crippen molar-refractivity contribution in [3.8, 4) is 0 Å². The van der Waals surface area contributed by atoms with E-state index < -0.39 is 0 Å². The lowest BCUT2D eigenvalue weighted by Crippen LogP contribution is -2.42. The van der Waals surface area contributed by atoms with Gasteiger partial charge in [0.15, 0.2) is 0 Å². The Morgan fingerprint density at radius 3 is 2.65 bits per heavy atom. The second-order valence-electron chi connectivity index (χ2n) is 5.84. The van der Waals surface area contributed by atoms with Gasteiger partial charge < -0.3 is 14.5 Å². The van der Waals surface area contributed by atoms with Gasteiger partial charge in [-0.2, -0.15) is 0 Å². The van der Waals surface area contributed by atoms with Crippen LogP contribution in [0.15, 0.2) is 28.7 Å². The van der Waals surface area contributed by atoms with Crippen LogP contribution in [0.3, 0.4) is 0 Å². The minimum Gasteiger partial charge on any atom is -0.459 e. The average molecular weight is 273 g/mol. The Hall–Kier alpha value is -1.32. The summed E-state index contributed by atoms with van der Waals surface area (Å²) in [6.45, 7) is 2.09. The van der Waals surface area contributed by atoms with Crippen molar-refractivity contribution >= 4 is 11.0 Å². The molecule has 1 atom stereocenters. The number of aryl methyl sites for hydroxylation is 1. The van der Waals surface area contributed by atoms with Gasteiger partial charge in [0.2, 0.25) is 0 Å². The summed E-state index contributed by atoms with van der Waals surface area (Å²) in [6.07, 6.45) is 4.63. The maximum atomic E-state index is 6.15. The number of furan rings is 1. The normalized spacial score (nSPS) is 19.6. The molecule has 1 N–H and O–H groups in total. The van der Waals surface area contributed by atoms with E-state index in [1.54, 1.807) is 0 Å². The number of ether oxygens (including phenoxy) is 1. The van der Waals surface area contributed by atoms with Crippen molar-refractivity contribution in [1.82, 2.24) is 5.32 Å². The number of hydrogen-bond acceptors (Lipinski definition) is 3. The molecule has 1 aliphatic rings. The fraction of sp³-hybridized carbons (Fsp3) is 0.529. The summed E-state index contributed by atoms with van der Waals surface area (Å²) in [4.78, 5) is 0. The van der Waals surface area contributed by atoms with Crippen molar-refractivity contribution in [2.45, 2.75) is 44.2 Å². The van der Waals surface area contributed by atoms with Crippen molar-refractivity contribution in [3.63, 3.8) is 0 Å². The highest BCUT2D eigenvalue weighted by Crippen LogP contribution is 2.43. The quantitative estimate of drug-likeness (QED) is 0.915. The van der Waals surface area contributed by atoms with Gasteiger partial charge in [-0.3, -0.25) is 0 Å². The van der Waals surface area contributed by atoms with Crippen molar-refractivity contribution in [1.29, 1.82) is 0 Å². The molecule has 0 saturated heterocycles. The number of fused-ring (bicyclic) bond motifs is 1. The number of likely N-dealkylation sites (N-methyl/N-ethyl adjacent to an activating group) is 1. The van der Waals surface area contributed by atoms with Crippen LogP contribution >= 0.6 is 0 Å². The molecule has 1 fully saturated rings. The Labute approximate surface area is 120 Å². The van der Waals surface area contributed by atoms with Crippen LogP contribution in [0.1, 0.15) is 43.0 Å². The van der Waals surface area contributed by atoms with Crippen LogP contribution in [0.2, 0.25) is 0 Å². The molecule has 1 aromatic heterocycles. The zero-order valence-electron chi connectivity index (χ0n) is 12.5. The molecular weight excluding hydrogens is 250 g/mol. The van der Waals surface area contributed by atoms with Gasteiger partial charge in [-0.25, -0.2) is 0 Å². The number of methoxy groups -OCH3 is 1. The summed E-state index contributed by atoms with van der Waals surface area (Å²) >= 11 is 0. The van der Waals surface area contributed by atoms with Crippen LogP contribution in [0.5, 0.6) is 0 Å². The molecule has 1 aliphatic carbocycles. The van der Waals surface area contributed by atoms with Crippen LogP contribution in [0, 0.1) is 6.92 Å². The number of benzene rings is 1. The number of rotatable bonds is 4. The van der Waals surface area contributed by atoms with E-state index in [0.29, 0.717) is 0 Å². The smallest absolute Gasteiger partial charge is 0.137 e. The van der Waals surface area contributed by atoms with Gasteiger partial charge in [0, 0.05) is 12.5 Å². The first-order chi connectivity index (χ1) is 9.70. The Bertz CT molecular complexity index is 596. The van der Waals surface area contributed by atoms with Crippen molar-refractivity contribution in [2.24, 2.45) is 0 Å². The molecule has 1 saturated carbocycles. The van der Waals surface area contributed by atoms with Crippen LogP contribution in [-0.2, 0) is 4.74 Å². The lowest BCUT2D eigenvalue weighted by molar-refractivity contribution is -0.0397. The van der Waals surface area contributed by atoms with Gasteiger partial charge in [-0.05, 0) is 38.4 Å². The molecule has 0 aliphatic heterocycles. The lowest BCUT2D eigenvalue weighted by Gasteiger charge is -2.34. The van der Waals surface area contributed by atoms with E-state index in [1.165, 1.54) is 23.8 Å². The Morgan fingerprint density at radius 2 is 2.05 bits per heavy atom. The van der Waals surface area contributed by atoms with Gasteiger partial charge in [0.25, 0.3) is 0 Å². The molecule has 108 valence electrons. The first-order valence-corrected chi connectivity index (χ1v) is 7.42. The standard InChI is InChI=1S/C17H23NO2/c1-12-7-6-8-13-11-14(20-15(12)13)16(18-2)17(19-3)9-4-5-10-17/h6-8,11,16,18H,4-5,9-10H2,1-3H3. The van der Waals surface area contributed by atoms with E-state index in [9.17, 15) is 0 Å². The van der Waals surface area contributed by atoms with Gasteiger partial charge in [-0.15, -0.1) is 0 Å². The Morgan fingerprint density at radius 1 is 1.30 bits per heavy atom. The van der Waals surface area contributed by atoms with Gasteiger partial charge in [0.05, 0.1) is 11.6 Å². The molecule has 3 rings (SSSR count). The largest absolute Gasteiger partial charge is 0.459 e. The summed E-state index contributed by atoms with van der Waals surface area (Å²) in [5.41, 5.74) is 2.05. The highest BCUT2D eigenvalue weighted by atomic mass is 16.5. The van der Waals surface area contributed by atoms with Gasteiger partial charge in [-0.1, -0.05) is 31.0 Å². The second kappa shape index (κ2) is 5.23. The molecule has 0 radical (unpaired) electrons. The highest BCUT2D eigenvalue weighted by Gasteiger charge is 2.43. The van der Waals surface area contributed by atoms with Gasteiger partial charge in [0.1, 0.15) is 11.3 Å². The molecule has 3 heteroatoms. The lowest BCUT2D eigenvalue weighted by atomic mass is 9.90.